The third-order valence-corrected chi connectivity index (χ3v) is 3.62. The third-order valence-electron chi connectivity index (χ3n) is 3.62. The predicted molar refractivity (Wildman–Crippen MR) is 69.7 cm³/mol. The minimum absolute atomic E-state index is 0.145. The topological polar surface area (TPSA) is 46.3 Å². The molecule has 104 valence electrons. The maximum absolute atomic E-state index is 13.7. The van der Waals surface area contributed by atoms with E-state index in [4.69, 9.17) is 5.73 Å². The van der Waals surface area contributed by atoms with Gasteiger partial charge in [0.05, 0.1) is 11.3 Å². The lowest BCUT2D eigenvalue weighted by Gasteiger charge is -2.21. The Morgan fingerprint density at radius 3 is 2.74 bits per heavy atom. The average molecular weight is 268 g/mol. The molecule has 0 aliphatic carbocycles. The van der Waals surface area contributed by atoms with E-state index in [1.165, 1.54) is 0 Å². The molecule has 2 rings (SSSR count). The highest BCUT2D eigenvalue weighted by molar-refractivity contribution is 5.95. The number of hydrogen-bond acceptors (Lipinski definition) is 2. The Morgan fingerprint density at radius 1 is 1.26 bits per heavy atom. The van der Waals surface area contributed by atoms with Gasteiger partial charge in [0.1, 0.15) is 11.6 Å². The molecule has 1 aliphatic heterocycles. The fourth-order valence-electron chi connectivity index (χ4n) is 2.37. The molecule has 1 saturated heterocycles. The first kappa shape index (κ1) is 13.8. The normalized spacial score (nSPS) is 20.2. The van der Waals surface area contributed by atoms with Gasteiger partial charge in [0.2, 0.25) is 0 Å². The van der Waals surface area contributed by atoms with Crippen molar-refractivity contribution in [1.82, 2.24) is 4.90 Å². The van der Waals surface area contributed by atoms with Gasteiger partial charge in [-0.05, 0) is 31.2 Å². The van der Waals surface area contributed by atoms with Crippen LogP contribution >= 0.6 is 0 Å². The van der Waals surface area contributed by atoms with Gasteiger partial charge in [0, 0.05) is 19.2 Å². The quantitative estimate of drug-likeness (QED) is 0.796. The van der Waals surface area contributed by atoms with E-state index in [0.717, 1.165) is 25.3 Å². The number of amides is 1. The van der Waals surface area contributed by atoms with Gasteiger partial charge in [-0.15, -0.1) is 0 Å². The third kappa shape index (κ3) is 3.03. The molecule has 0 radical (unpaired) electrons. The van der Waals surface area contributed by atoms with E-state index in [0.29, 0.717) is 25.1 Å². The Labute approximate surface area is 111 Å². The number of nitrogens with two attached hydrogens (primary N) is 1. The van der Waals surface area contributed by atoms with Gasteiger partial charge in [-0.3, -0.25) is 4.79 Å². The zero-order chi connectivity index (χ0) is 14.0. The first-order chi connectivity index (χ1) is 8.99. The van der Waals surface area contributed by atoms with Crippen LogP contribution in [0.4, 0.5) is 14.5 Å². The molecular formula is C14H18F2N2O. The zero-order valence-electron chi connectivity index (χ0n) is 11.0. The van der Waals surface area contributed by atoms with Crippen LogP contribution in [0.25, 0.3) is 0 Å². The summed E-state index contributed by atoms with van der Waals surface area (Å²) in [6.45, 7) is 3.36. The Bertz CT molecular complexity index is 491. The molecule has 1 heterocycles. The van der Waals surface area contributed by atoms with Crippen molar-refractivity contribution >= 4 is 11.6 Å². The fraction of sp³-hybridized carbons (Fsp3) is 0.500. The molecule has 5 heteroatoms. The van der Waals surface area contributed by atoms with Crippen LogP contribution in [0.5, 0.6) is 0 Å². The van der Waals surface area contributed by atoms with E-state index in [-0.39, 0.29) is 11.3 Å². The summed E-state index contributed by atoms with van der Waals surface area (Å²) in [5, 5.41) is 0. The van der Waals surface area contributed by atoms with Crippen LogP contribution in [-0.4, -0.2) is 23.9 Å². The van der Waals surface area contributed by atoms with Crippen molar-refractivity contribution in [2.75, 3.05) is 18.8 Å². The van der Waals surface area contributed by atoms with Crippen molar-refractivity contribution in [2.45, 2.75) is 26.2 Å². The highest BCUT2D eigenvalue weighted by atomic mass is 19.1. The first-order valence-electron chi connectivity index (χ1n) is 6.53. The summed E-state index contributed by atoms with van der Waals surface area (Å²) in [4.78, 5) is 13.9. The molecule has 0 aromatic heterocycles. The van der Waals surface area contributed by atoms with Crippen LogP contribution in [0.15, 0.2) is 12.1 Å². The van der Waals surface area contributed by atoms with Crippen molar-refractivity contribution in [1.29, 1.82) is 0 Å². The van der Waals surface area contributed by atoms with E-state index >= 15 is 0 Å². The van der Waals surface area contributed by atoms with Gasteiger partial charge in [0.25, 0.3) is 5.91 Å². The summed E-state index contributed by atoms with van der Waals surface area (Å²) in [6.07, 6.45) is 2.88. The van der Waals surface area contributed by atoms with Gasteiger partial charge >= 0.3 is 0 Å². The van der Waals surface area contributed by atoms with Crippen molar-refractivity contribution < 1.29 is 13.6 Å². The van der Waals surface area contributed by atoms with Gasteiger partial charge in [-0.1, -0.05) is 6.92 Å². The second-order valence-electron chi connectivity index (χ2n) is 5.18. The largest absolute Gasteiger partial charge is 0.396 e. The van der Waals surface area contributed by atoms with Gasteiger partial charge in [-0.25, -0.2) is 8.78 Å². The molecule has 0 spiro atoms. The number of halogens is 2. The van der Waals surface area contributed by atoms with Crippen LogP contribution < -0.4 is 5.73 Å². The summed E-state index contributed by atoms with van der Waals surface area (Å²) >= 11 is 0. The van der Waals surface area contributed by atoms with E-state index in [9.17, 15) is 13.6 Å². The summed E-state index contributed by atoms with van der Waals surface area (Å²) in [5.41, 5.74) is 5.05. The predicted octanol–water partition coefficient (Wildman–Crippen LogP) is 2.81. The molecular weight excluding hydrogens is 250 g/mol. The number of carbonyl (C=O) groups is 1. The molecule has 1 aromatic carbocycles. The lowest BCUT2D eigenvalue weighted by atomic mass is 10.0. The van der Waals surface area contributed by atoms with E-state index < -0.39 is 17.5 Å². The molecule has 2 N–H and O–H groups in total. The standard InChI is InChI=1S/C14H18F2N2O/c1-9-3-2-5-18(6-4-9)14(19)10-7-13(17)12(16)8-11(10)15/h7-9H,2-6,17H2,1H3. The molecule has 1 aliphatic rings. The lowest BCUT2D eigenvalue weighted by Crippen LogP contribution is -2.32. The summed E-state index contributed by atoms with van der Waals surface area (Å²) in [5.74, 6) is -1.52. The van der Waals surface area contributed by atoms with E-state index in [1.54, 1.807) is 4.90 Å². The first-order valence-corrected chi connectivity index (χ1v) is 6.53. The van der Waals surface area contributed by atoms with Crippen LogP contribution in [-0.2, 0) is 0 Å². The second kappa shape index (κ2) is 5.55. The van der Waals surface area contributed by atoms with Gasteiger partial charge in [-0.2, -0.15) is 0 Å². The van der Waals surface area contributed by atoms with Crippen LogP contribution in [0, 0.1) is 17.6 Å². The monoisotopic (exact) mass is 268 g/mol. The average Bonchev–Trinajstić information content (AvgIpc) is 2.58. The Balaban J connectivity index is 2.21. The van der Waals surface area contributed by atoms with E-state index in [1.807, 2.05) is 0 Å². The van der Waals surface area contributed by atoms with Crippen molar-refractivity contribution in [3.05, 3.63) is 29.3 Å². The molecule has 1 fully saturated rings. The number of benzene rings is 1. The number of nitrogen functional groups attached to an aromatic ring is 1. The number of rotatable bonds is 1. The number of anilines is 1. The highest BCUT2D eigenvalue weighted by Crippen LogP contribution is 2.21. The number of likely N-dealkylation sites (tertiary alicyclic amines) is 1. The Hall–Kier alpha value is -1.65. The van der Waals surface area contributed by atoms with Gasteiger partial charge < -0.3 is 10.6 Å². The van der Waals surface area contributed by atoms with Gasteiger partial charge in [0.15, 0.2) is 0 Å². The van der Waals surface area contributed by atoms with Crippen molar-refractivity contribution in [3.63, 3.8) is 0 Å². The molecule has 3 nitrogen and oxygen atoms in total. The van der Waals surface area contributed by atoms with Crippen LogP contribution in [0.3, 0.4) is 0 Å². The summed E-state index contributed by atoms with van der Waals surface area (Å²) < 4.78 is 26.8. The van der Waals surface area contributed by atoms with E-state index in [2.05, 4.69) is 6.92 Å². The second-order valence-corrected chi connectivity index (χ2v) is 5.18. The summed E-state index contributed by atoms with van der Waals surface area (Å²) in [7, 11) is 0. The Kier molecular flexibility index (Phi) is 4.02. The maximum atomic E-state index is 13.7. The minimum atomic E-state index is -0.853. The van der Waals surface area contributed by atoms with Crippen LogP contribution in [0.2, 0.25) is 0 Å². The highest BCUT2D eigenvalue weighted by Gasteiger charge is 2.23. The van der Waals surface area contributed by atoms with Crippen molar-refractivity contribution in [2.24, 2.45) is 5.92 Å². The molecule has 1 aromatic rings. The number of hydrogen-bond donors (Lipinski definition) is 1. The Morgan fingerprint density at radius 2 is 2.00 bits per heavy atom. The fourth-order valence-corrected chi connectivity index (χ4v) is 2.37. The van der Waals surface area contributed by atoms with Crippen LogP contribution in [0.1, 0.15) is 36.5 Å². The number of carbonyl (C=O) groups excluding carboxylic acids is 1. The SMILES string of the molecule is CC1CCCN(C(=O)c2cc(N)c(F)cc2F)CC1. The summed E-state index contributed by atoms with van der Waals surface area (Å²) in [6, 6.07) is 1.75. The smallest absolute Gasteiger partial charge is 0.256 e. The van der Waals surface area contributed by atoms with Crippen molar-refractivity contribution in [3.8, 4) is 0 Å². The molecule has 1 atom stereocenters. The zero-order valence-corrected chi connectivity index (χ0v) is 11.0. The molecule has 19 heavy (non-hydrogen) atoms. The number of nitrogens with zero attached hydrogens (tertiary/aromatic N) is 1. The minimum Gasteiger partial charge on any atom is -0.396 e. The molecule has 0 bridgehead atoms. The molecule has 0 saturated carbocycles. The molecule has 1 unspecified atom stereocenters. The maximum Gasteiger partial charge on any atom is 0.256 e. The molecule has 1 amide bonds. The lowest BCUT2D eigenvalue weighted by molar-refractivity contribution is 0.0755.